The van der Waals surface area contributed by atoms with Crippen molar-refractivity contribution in [2.75, 3.05) is 11.4 Å². The Kier molecular flexibility index (Phi) is 3.43. The van der Waals surface area contributed by atoms with Gasteiger partial charge >= 0.3 is 0 Å². The normalized spacial score (nSPS) is 14.3. The first-order valence-corrected chi connectivity index (χ1v) is 7.16. The van der Waals surface area contributed by atoms with Crippen molar-refractivity contribution in [1.29, 1.82) is 5.26 Å². The highest BCUT2D eigenvalue weighted by atomic mass is 15.1. The molecule has 2 nitrogen and oxygen atoms in total. The van der Waals surface area contributed by atoms with Crippen molar-refractivity contribution in [3.63, 3.8) is 0 Å². The summed E-state index contributed by atoms with van der Waals surface area (Å²) >= 11 is 0. The molecule has 0 unspecified atom stereocenters. The second-order valence-electron chi connectivity index (χ2n) is 5.37. The Morgan fingerprint density at radius 2 is 1.90 bits per heavy atom. The van der Waals surface area contributed by atoms with Gasteiger partial charge in [0.15, 0.2) is 0 Å². The van der Waals surface area contributed by atoms with Gasteiger partial charge in [-0.3, -0.25) is 0 Å². The summed E-state index contributed by atoms with van der Waals surface area (Å²) in [5.74, 6) is 0. The van der Waals surface area contributed by atoms with Crippen LogP contribution in [0.5, 0.6) is 0 Å². The van der Waals surface area contributed by atoms with Crippen molar-refractivity contribution in [2.45, 2.75) is 26.2 Å². The highest BCUT2D eigenvalue weighted by molar-refractivity contribution is 5.72. The van der Waals surface area contributed by atoms with Gasteiger partial charge < -0.3 is 4.90 Å². The number of benzene rings is 2. The number of hydrogen-bond acceptors (Lipinski definition) is 2. The van der Waals surface area contributed by atoms with E-state index in [2.05, 4.69) is 47.4 Å². The summed E-state index contributed by atoms with van der Waals surface area (Å²) in [6.07, 6.45) is 3.50. The maximum Gasteiger partial charge on any atom is 0.101 e. The summed E-state index contributed by atoms with van der Waals surface area (Å²) in [6, 6.07) is 17.0. The molecule has 1 aliphatic heterocycles. The molecule has 100 valence electrons. The monoisotopic (exact) mass is 262 g/mol. The van der Waals surface area contributed by atoms with E-state index in [0.717, 1.165) is 36.2 Å². The summed E-state index contributed by atoms with van der Waals surface area (Å²) < 4.78 is 0. The lowest BCUT2D eigenvalue weighted by atomic mass is 10.1. The van der Waals surface area contributed by atoms with E-state index < -0.39 is 0 Å². The minimum atomic E-state index is 0.765. The number of para-hydroxylation sites is 1. The van der Waals surface area contributed by atoms with E-state index in [1.165, 1.54) is 17.7 Å². The third-order valence-electron chi connectivity index (χ3n) is 3.92. The predicted octanol–water partition coefficient (Wildman–Crippen LogP) is 4.34. The molecule has 0 N–H and O–H groups in total. The molecule has 0 aliphatic carbocycles. The molecule has 3 rings (SSSR count). The standard InChI is InChI=1S/C18H18N2/c1-14-9-10-18(16(12-14)13-19)20-11-5-4-7-15-6-2-3-8-17(15)20/h2-3,6,8-10,12H,4-5,7,11H2,1H3. The molecular weight excluding hydrogens is 244 g/mol. The van der Waals surface area contributed by atoms with Crippen molar-refractivity contribution in [3.8, 4) is 6.07 Å². The van der Waals surface area contributed by atoms with Crippen LogP contribution in [0, 0.1) is 18.3 Å². The van der Waals surface area contributed by atoms with Crippen LogP contribution in [0.2, 0.25) is 0 Å². The molecular formula is C18H18N2. The Balaban J connectivity index is 2.13. The van der Waals surface area contributed by atoms with Crippen molar-refractivity contribution in [1.82, 2.24) is 0 Å². The molecule has 0 saturated heterocycles. The molecule has 20 heavy (non-hydrogen) atoms. The Hall–Kier alpha value is -2.27. The molecule has 0 atom stereocenters. The van der Waals surface area contributed by atoms with Crippen LogP contribution in [0.4, 0.5) is 11.4 Å². The average Bonchev–Trinajstić information content (AvgIpc) is 2.69. The number of hydrogen-bond donors (Lipinski definition) is 0. The lowest BCUT2D eigenvalue weighted by Crippen LogP contribution is -2.19. The summed E-state index contributed by atoms with van der Waals surface area (Å²) in [6.45, 7) is 3.01. The maximum absolute atomic E-state index is 9.42. The molecule has 2 aromatic carbocycles. The zero-order valence-corrected chi connectivity index (χ0v) is 11.8. The van der Waals surface area contributed by atoms with Crippen molar-refractivity contribution in [3.05, 3.63) is 59.2 Å². The molecule has 0 spiro atoms. The molecule has 1 aliphatic rings. The first kappa shape index (κ1) is 12.7. The van der Waals surface area contributed by atoms with E-state index in [0.29, 0.717) is 0 Å². The minimum absolute atomic E-state index is 0.765. The lowest BCUT2D eigenvalue weighted by Gasteiger charge is -2.26. The first-order chi connectivity index (χ1) is 9.79. The fourth-order valence-corrected chi connectivity index (χ4v) is 2.92. The fraction of sp³-hybridized carbons (Fsp3) is 0.278. The molecule has 0 radical (unpaired) electrons. The zero-order chi connectivity index (χ0) is 13.9. The van der Waals surface area contributed by atoms with Gasteiger partial charge in [-0.05, 0) is 55.5 Å². The Morgan fingerprint density at radius 3 is 2.75 bits per heavy atom. The van der Waals surface area contributed by atoms with Crippen LogP contribution in [0.25, 0.3) is 0 Å². The van der Waals surface area contributed by atoms with Crippen LogP contribution in [0.3, 0.4) is 0 Å². The van der Waals surface area contributed by atoms with Crippen LogP contribution in [0.15, 0.2) is 42.5 Å². The second-order valence-corrected chi connectivity index (χ2v) is 5.37. The van der Waals surface area contributed by atoms with Gasteiger partial charge in [0.05, 0.1) is 11.3 Å². The van der Waals surface area contributed by atoms with E-state index in [4.69, 9.17) is 0 Å². The van der Waals surface area contributed by atoms with Gasteiger partial charge in [-0.15, -0.1) is 0 Å². The van der Waals surface area contributed by atoms with Crippen LogP contribution in [-0.2, 0) is 6.42 Å². The number of fused-ring (bicyclic) bond motifs is 1. The average molecular weight is 262 g/mol. The van der Waals surface area contributed by atoms with Crippen molar-refractivity contribution < 1.29 is 0 Å². The summed E-state index contributed by atoms with van der Waals surface area (Å²) in [5, 5.41) is 9.42. The number of nitriles is 1. The molecule has 0 amide bonds. The van der Waals surface area contributed by atoms with E-state index in [1.54, 1.807) is 0 Å². The van der Waals surface area contributed by atoms with Gasteiger partial charge in [-0.2, -0.15) is 5.26 Å². The fourth-order valence-electron chi connectivity index (χ4n) is 2.92. The second kappa shape index (κ2) is 5.38. The van der Waals surface area contributed by atoms with E-state index in [1.807, 2.05) is 13.0 Å². The number of anilines is 2. The Labute approximate surface area is 120 Å². The Bertz CT molecular complexity index is 667. The number of nitrogens with zero attached hydrogens (tertiary/aromatic N) is 2. The van der Waals surface area contributed by atoms with Gasteiger partial charge in [-0.25, -0.2) is 0 Å². The summed E-state index contributed by atoms with van der Waals surface area (Å²) in [5.41, 5.74) is 5.57. The summed E-state index contributed by atoms with van der Waals surface area (Å²) in [7, 11) is 0. The van der Waals surface area contributed by atoms with Crippen LogP contribution >= 0.6 is 0 Å². The summed E-state index contributed by atoms with van der Waals surface area (Å²) in [4.78, 5) is 2.31. The Morgan fingerprint density at radius 1 is 1.05 bits per heavy atom. The molecule has 0 saturated carbocycles. The number of aryl methyl sites for hydroxylation is 2. The van der Waals surface area contributed by atoms with Gasteiger partial charge in [0.25, 0.3) is 0 Å². The SMILES string of the molecule is Cc1ccc(N2CCCCc3ccccc32)c(C#N)c1. The predicted molar refractivity (Wildman–Crippen MR) is 82.3 cm³/mol. The molecule has 1 heterocycles. The third kappa shape index (κ3) is 2.28. The maximum atomic E-state index is 9.42. The van der Waals surface area contributed by atoms with Crippen LogP contribution < -0.4 is 4.90 Å². The van der Waals surface area contributed by atoms with Gasteiger partial charge in [0.1, 0.15) is 6.07 Å². The van der Waals surface area contributed by atoms with Crippen LogP contribution in [0.1, 0.15) is 29.5 Å². The van der Waals surface area contributed by atoms with Crippen molar-refractivity contribution in [2.24, 2.45) is 0 Å². The van der Waals surface area contributed by atoms with E-state index in [9.17, 15) is 5.26 Å². The minimum Gasteiger partial charge on any atom is -0.340 e. The molecule has 2 aromatic rings. The van der Waals surface area contributed by atoms with E-state index in [-0.39, 0.29) is 0 Å². The number of rotatable bonds is 1. The molecule has 2 heteroatoms. The van der Waals surface area contributed by atoms with Gasteiger partial charge in [0.2, 0.25) is 0 Å². The molecule has 0 aromatic heterocycles. The molecule has 0 bridgehead atoms. The first-order valence-electron chi connectivity index (χ1n) is 7.16. The zero-order valence-electron chi connectivity index (χ0n) is 11.8. The smallest absolute Gasteiger partial charge is 0.101 e. The van der Waals surface area contributed by atoms with Gasteiger partial charge in [0, 0.05) is 12.2 Å². The van der Waals surface area contributed by atoms with Crippen molar-refractivity contribution >= 4 is 11.4 Å². The van der Waals surface area contributed by atoms with Crippen LogP contribution in [-0.4, -0.2) is 6.54 Å². The topological polar surface area (TPSA) is 27.0 Å². The largest absolute Gasteiger partial charge is 0.340 e. The quantitative estimate of drug-likeness (QED) is 0.764. The van der Waals surface area contributed by atoms with Gasteiger partial charge in [-0.1, -0.05) is 24.3 Å². The highest BCUT2D eigenvalue weighted by Gasteiger charge is 2.18. The molecule has 0 fully saturated rings. The lowest BCUT2D eigenvalue weighted by molar-refractivity contribution is 0.761. The van der Waals surface area contributed by atoms with E-state index >= 15 is 0 Å². The third-order valence-corrected chi connectivity index (χ3v) is 3.92. The highest BCUT2D eigenvalue weighted by Crippen LogP contribution is 2.34.